The van der Waals surface area contributed by atoms with Crippen LogP contribution in [0, 0.1) is 11.8 Å². The van der Waals surface area contributed by atoms with Crippen LogP contribution in [0.2, 0.25) is 0 Å². The molecule has 2 aromatic carbocycles. The lowest BCUT2D eigenvalue weighted by molar-refractivity contribution is -0.122. The quantitative estimate of drug-likeness (QED) is 0.232. The molecule has 0 aliphatic carbocycles. The van der Waals surface area contributed by atoms with Gasteiger partial charge in [0.25, 0.3) is 5.91 Å². The van der Waals surface area contributed by atoms with Gasteiger partial charge >= 0.3 is 6.09 Å². The van der Waals surface area contributed by atoms with Gasteiger partial charge in [0.2, 0.25) is 5.91 Å². The van der Waals surface area contributed by atoms with E-state index in [0.717, 1.165) is 17.5 Å². The second-order valence-electron chi connectivity index (χ2n) is 12.3. The summed E-state index contributed by atoms with van der Waals surface area (Å²) in [5.74, 6) is 0.163. The van der Waals surface area contributed by atoms with Crippen LogP contribution >= 0.6 is 0 Å². The van der Waals surface area contributed by atoms with Crippen molar-refractivity contribution in [3.63, 3.8) is 0 Å². The minimum Gasteiger partial charge on any atom is -0.444 e. The van der Waals surface area contributed by atoms with E-state index >= 15 is 0 Å². The molecule has 2 rings (SSSR count). The van der Waals surface area contributed by atoms with Gasteiger partial charge in [0, 0.05) is 25.1 Å². The topological polar surface area (TPSA) is 117 Å². The van der Waals surface area contributed by atoms with Crippen LogP contribution in [0.4, 0.5) is 4.79 Å². The Labute approximate surface area is 251 Å². The number of rotatable bonds is 16. The molecule has 2 aromatic rings. The third-order valence-corrected chi connectivity index (χ3v) is 6.37. The van der Waals surface area contributed by atoms with E-state index in [-0.39, 0.29) is 37.6 Å². The van der Waals surface area contributed by atoms with Crippen molar-refractivity contribution in [2.45, 2.75) is 85.7 Å². The molecule has 0 spiro atoms. The highest BCUT2D eigenvalue weighted by molar-refractivity contribution is 5.94. The molecule has 0 aliphatic heterocycles. The first-order valence-corrected chi connectivity index (χ1v) is 14.7. The second kappa shape index (κ2) is 17.5. The molecule has 42 heavy (non-hydrogen) atoms. The minimum atomic E-state index is -0.673. The molecule has 0 aromatic heterocycles. The Balaban J connectivity index is 1.79. The Morgan fingerprint density at radius 3 is 2.19 bits per heavy atom. The summed E-state index contributed by atoms with van der Waals surface area (Å²) in [4.78, 5) is 38.9. The van der Waals surface area contributed by atoms with Crippen molar-refractivity contribution in [3.05, 3.63) is 71.3 Å². The van der Waals surface area contributed by atoms with Crippen LogP contribution in [0.15, 0.2) is 54.6 Å². The summed E-state index contributed by atoms with van der Waals surface area (Å²) in [5, 5.41) is 16.2. The lowest BCUT2D eigenvalue weighted by Gasteiger charge is -2.29. The van der Waals surface area contributed by atoms with Gasteiger partial charge in [0.1, 0.15) is 12.3 Å². The van der Waals surface area contributed by atoms with Gasteiger partial charge in [0.15, 0.2) is 0 Å². The van der Waals surface area contributed by atoms with Gasteiger partial charge < -0.3 is 25.2 Å². The summed E-state index contributed by atoms with van der Waals surface area (Å²) >= 11 is 0. The highest BCUT2D eigenvalue weighted by Crippen LogP contribution is 2.14. The number of benzene rings is 2. The molecule has 0 radical (unpaired) electrons. The van der Waals surface area contributed by atoms with Gasteiger partial charge in [0.05, 0.1) is 19.3 Å². The van der Waals surface area contributed by atoms with Crippen LogP contribution < -0.4 is 10.6 Å². The number of ether oxygens (including phenoxy) is 2. The molecule has 2 unspecified atom stereocenters. The zero-order valence-electron chi connectivity index (χ0n) is 26.0. The number of hydrogen-bond donors (Lipinski definition) is 3. The monoisotopic (exact) mass is 583 g/mol. The third-order valence-electron chi connectivity index (χ3n) is 6.37. The molecular weight excluding hydrogens is 534 g/mol. The number of carbonyl (C=O) groups is 3. The molecule has 0 saturated carbocycles. The van der Waals surface area contributed by atoms with E-state index < -0.39 is 17.8 Å². The van der Waals surface area contributed by atoms with Crippen molar-refractivity contribution in [2.24, 2.45) is 11.8 Å². The third kappa shape index (κ3) is 14.5. The number of nitrogens with one attached hydrogen (secondary N) is 2. The molecule has 2 atom stereocenters. The SMILES string of the molecule is CC(C)CCC(O)CN(COCc1ccc(C(=O)NCC(C)CC(=O)NCc2ccccc2)cc1)C(=O)OC(C)(C)C. The van der Waals surface area contributed by atoms with Gasteiger partial charge in [-0.05, 0) is 68.7 Å². The molecular formula is C33H49N3O6. The predicted octanol–water partition coefficient (Wildman–Crippen LogP) is 5.27. The number of aliphatic hydroxyl groups excluding tert-OH is 1. The van der Waals surface area contributed by atoms with Gasteiger partial charge in [-0.1, -0.05) is 63.2 Å². The maximum absolute atomic E-state index is 12.7. The second-order valence-corrected chi connectivity index (χ2v) is 12.3. The van der Waals surface area contributed by atoms with Crippen molar-refractivity contribution in [3.8, 4) is 0 Å². The average molecular weight is 584 g/mol. The number of amides is 3. The molecule has 3 N–H and O–H groups in total. The highest BCUT2D eigenvalue weighted by atomic mass is 16.6. The summed E-state index contributed by atoms with van der Waals surface area (Å²) in [7, 11) is 0. The van der Waals surface area contributed by atoms with Crippen LogP contribution in [0.1, 0.15) is 82.3 Å². The van der Waals surface area contributed by atoms with E-state index in [1.54, 1.807) is 45.0 Å². The summed E-state index contributed by atoms with van der Waals surface area (Å²) in [5.41, 5.74) is 1.71. The molecule has 0 saturated heterocycles. The largest absolute Gasteiger partial charge is 0.444 e. The number of hydrogen-bond acceptors (Lipinski definition) is 6. The fourth-order valence-electron chi connectivity index (χ4n) is 4.03. The Hall–Kier alpha value is -3.43. The first-order chi connectivity index (χ1) is 19.8. The first-order valence-electron chi connectivity index (χ1n) is 14.7. The van der Waals surface area contributed by atoms with Crippen LogP contribution in [0.5, 0.6) is 0 Å². The maximum Gasteiger partial charge on any atom is 0.412 e. The average Bonchev–Trinajstić information content (AvgIpc) is 2.93. The maximum atomic E-state index is 12.7. The minimum absolute atomic E-state index is 0.0193. The fraction of sp³-hybridized carbons (Fsp3) is 0.545. The molecule has 0 bridgehead atoms. The molecule has 9 heteroatoms. The smallest absolute Gasteiger partial charge is 0.412 e. The predicted molar refractivity (Wildman–Crippen MR) is 164 cm³/mol. The summed E-state index contributed by atoms with van der Waals surface area (Å²) in [6, 6.07) is 16.7. The van der Waals surface area contributed by atoms with E-state index in [2.05, 4.69) is 24.5 Å². The lowest BCUT2D eigenvalue weighted by atomic mass is 10.0. The zero-order valence-corrected chi connectivity index (χ0v) is 26.0. The van der Waals surface area contributed by atoms with Crippen molar-refractivity contribution >= 4 is 17.9 Å². The Morgan fingerprint density at radius 1 is 0.905 bits per heavy atom. The van der Waals surface area contributed by atoms with Gasteiger partial charge in [-0.25, -0.2) is 4.79 Å². The van der Waals surface area contributed by atoms with Crippen LogP contribution in [0.3, 0.4) is 0 Å². The van der Waals surface area contributed by atoms with E-state index in [0.29, 0.717) is 37.4 Å². The summed E-state index contributed by atoms with van der Waals surface area (Å²) in [6.45, 7) is 12.6. The zero-order chi connectivity index (χ0) is 31.1. The van der Waals surface area contributed by atoms with E-state index in [4.69, 9.17) is 9.47 Å². The molecule has 9 nitrogen and oxygen atoms in total. The van der Waals surface area contributed by atoms with Crippen LogP contribution in [-0.2, 0) is 27.4 Å². The van der Waals surface area contributed by atoms with E-state index in [1.165, 1.54) is 4.90 Å². The number of carbonyl (C=O) groups excluding carboxylic acids is 3. The van der Waals surface area contributed by atoms with Gasteiger partial charge in [-0.3, -0.25) is 14.5 Å². The summed E-state index contributed by atoms with van der Waals surface area (Å²) in [6.07, 6.45) is 0.542. The van der Waals surface area contributed by atoms with Gasteiger partial charge in [-0.2, -0.15) is 0 Å². The van der Waals surface area contributed by atoms with E-state index in [9.17, 15) is 19.5 Å². The van der Waals surface area contributed by atoms with Crippen LogP contribution in [0.25, 0.3) is 0 Å². The standard InChI is InChI=1S/C33H49N3O6/c1-24(2)12-17-29(37)21-36(32(40)42-33(4,5)6)23-41-22-27-13-15-28(16-14-27)31(39)35-19-25(3)18-30(38)34-20-26-10-8-7-9-11-26/h7-11,13-16,24-25,29,37H,12,17-23H2,1-6H3,(H,34,38)(H,35,39). The Kier molecular flexibility index (Phi) is 14.5. The Bertz CT molecular complexity index is 1100. The number of nitrogens with zero attached hydrogens (tertiary/aromatic N) is 1. The van der Waals surface area contributed by atoms with E-state index in [1.807, 2.05) is 37.3 Å². The van der Waals surface area contributed by atoms with Crippen molar-refractivity contribution in [1.29, 1.82) is 0 Å². The molecule has 232 valence electrons. The van der Waals surface area contributed by atoms with Crippen molar-refractivity contribution in [2.75, 3.05) is 19.8 Å². The van der Waals surface area contributed by atoms with Gasteiger partial charge in [-0.15, -0.1) is 0 Å². The lowest BCUT2D eigenvalue weighted by Crippen LogP contribution is -2.42. The molecule has 0 aliphatic rings. The molecule has 3 amide bonds. The normalized spacial score (nSPS) is 12.9. The number of aliphatic hydroxyl groups is 1. The van der Waals surface area contributed by atoms with Crippen LogP contribution in [-0.4, -0.2) is 59.4 Å². The molecule has 0 fully saturated rings. The highest BCUT2D eigenvalue weighted by Gasteiger charge is 2.24. The van der Waals surface area contributed by atoms with Crippen molar-refractivity contribution < 1.29 is 29.0 Å². The Morgan fingerprint density at radius 2 is 1.57 bits per heavy atom. The summed E-state index contributed by atoms with van der Waals surface area (Å²) < 4.78 is 11.3. The van der Waals surface area contributed by atoms with Crippen molar-refractivity contribution in [1.82, 2.24) is 15.5 Å². The fourth-order valence-corrected chi connectivity index (χ4v) is 4.03. The first kappa shape index (κ1) is 34.8. The molecule has 0 heterocycles.